The largest absolute Gasteiger partial charge is 0.480 e. The minimum absolute atomic E-state index is 0.0311. The van der Waals surface area contributed by atoms with Crippen molar-refractivity contribution in [3.8, 4) is 0 Å². The average Bonchev–Trinajstić information content (AvgIpc) is 2.49. The number of hydrogen-bond donors (Lipinski definition) is 3. The zero-order valence-corrected chi connectivity index (χ0v) is 13.4. The Labute approximate surface area is 129 Å². The lowest BCUT2D eigenvalue weighted by atomic mass is 9.93. The monoisotopic (exact) mass is 310 g/mol. The maximum absolute atomic E-state index is 12.0. The van der Waals surface area contributed by atoms with E-state index in [4.69, 9.17) is 0 Å². The minimum atomic E-state index is -1.05. The Kier molecular flexibility index (Phi) is 6.71. The summed E-state index contributed by atoms with van der Waals surface area (Å²) >= 11 is 1.55. The van der Waals surface area contributed by atoms with E-state index in [1.54, 1.807) is 25.6 Å². The molecule has 0 saturated carbocycles. The molecular weight excluding hydrogens is 288 g/mol. The third kappa shape index (κ3) is 4.47. The molecule has 0 aliphatic rings. The summed E-state index contributed by atoms with van der Waals surface area (Å²) in [5, 5.41) is 15.0. The van der Waals surface area contributed by atoms with Crippen molar-refractivity contribution in [2.24, 2.45) is 0 Å². The lowest BCUT2D eigenvalue weighted by Gasteiger charge is -2.27. The van der Waals surface area contributed by atoms with Crippen LogP contribution in [0.2, 0.25) is 0 Å². The summed E-state index contributed by atoms with van der Waals surface area (Å²) in [5.74, 6) is -1.17. The van der Waals surface area contributed by atoms with Gasteiger partial charge in [0.1, 0.15) is 5.54 Å². The van der Waals surface area contributed by atoms with Gasteiger partial charge in [0.2, 0.25) is 5.91 Å². The van der Waals surface area contributed by atoms with Crippen LogP contribution in [0.25, 0.3) is 0 Å². The molecule has 3 N–H and O–H groups in total. The number of aliphatic carboxylic acids is 1. The fourth-order valence-corrected chi connectivity index (χ4v) is 2.62. The summed E-state index contributed by atoms with van der Waals surface area (Å²) < 4.78 is 0. The van der Waals surface area contributed by atoms with Crippen LogP contribution in [0.5, 0.6) is 0 Å². The number of thioether (sulfide) groups is 1. The van der Waals surface area contributed by atoms with Gasteiger partial charge in [-0.1, -0.05) is 26.0 Å². The van der Waals surface area contributed by atoms with Gasteiger partial charge in [-0.2, -0.15) is 0 Å². The van der Waals surface area contributed by atoms with E-state index in [1.165, 1.54) is 0 Å². The fourth-order valence-electron chi connectivity index (χ4n) is 2.07. The second-order valence-corrected chi connectivity index (χ2v) is 5.54. The molecule has 6 heteroatoms. The summed E-state index contributed by atoms with van der Waals surface area (Å²) in [6.45, 7) is 3.56. The van der Waals surface area contributed by atoms with E-state index in [1.807, 2.05) is 30.5 Å². The number of anilines is 1. The normalized spacial score (nSPS) is 11.2. The Balaban J connectivity index is 2.68. The molecule has 0 unspecified atom stereocenters. The van der Waals surface area contributed by atoms with Crippen molar-refractivity contribution in [2.45, 2.75) is 37.1 Å². The predicted octanol–water partition coefficient (Wildman–Crippen LogP) is 2.58. The molecule has 0 saturated heterocycles. The molecule has 1 aromatic rings. The van der Waals surface area contributed by atoms with Crippen LogP contribution in [0.4, 0.5) is 5.69 Å². The first-order chi connectivity index (χ1) is 9.99. The van der Waals surface area contributed by atoms with Crippen molar-refractivity contribution in [1.29, 1.82) is 0 Å². The number of rotatable bonds is 8. The van der Waals surface area contributed by atoms with E-state index >= 15 is 0 Å². The number of benzene rings is 1. The Morgan fingerprint density at radius 2 is 1.86 bits per heavy atom. The molecule has 0 aliphatic carbocycles. The second-order valence-electron chi connectivity index (χ2n) is 4.70. The average molecular weight is 310 g/mol. The number of nitrogens with one attached hydrogen (secondary N) is 2. The molecule has 0 radical (unpaired) electrons. The van der Waals surface area contributed by atoms with Gasteiger partial charge >= 0.3 is 5.97 Å². The Morgan fingerprint density at radius 1 is 1.24 bits per heavy atom. The van der Waals surface area contributed by atoms with Crippen LogP contribution in [0.3, 0.4) is 0 Å². The fraction of sp³-hybridized carbons (Fsp3) is 0.467. The quantitative estimate of drug-likeness (QED) is 0.643. The summed E-state index contributed by atoms with van der Waals surface area (Å²) in [5.41, 5.74) is -0.304. The van der Waals surface area contributed by atoms with Crippen LogP contribution < -0.4 is 10.6 Å². The Bertz CT molecular complexity index is 501. The van der Waals surface area contributed by atoms with Gasteiger partial charge in [-0.3, -0.25) is 14.9 Å². The number of carbonyl (C=O) groups excluding carboxylic acids is 1. The molecule has 1 aromatic carbocycles. The molecule has 1 amide bonds. The molecule has 0 aromatic heterocycles. The van der Waals surface area contributed by atoms with E-state index < -0.39 is 11.5 Å². The van der Waals surface area contributed by atoms with E-state index in [0.717, 1.165) is 10.6 Å². The molecule has 0 atom stereocenters. The maximum atomic E-state index is 12.0. The first kappa shape index (κ1) is 17.5. The predicted molar refractivity (Wildman–Crippen MR) is 85.8 cm³/mol. The van der Waals surface area contributed by atoms with Gasteiger partial charge < -0.3 is 10.4 Å². The van der Waals surface area contributed by atoms with Crippen LogP contribution in [-0.2, 0) is 9.59 Å². The second kappa shape index (κ2) is 8.05. The summed E-state index contributed by atoms with van der Waals surface area (Å²) in [6.07, 6.45) is 2.79. The number of carboxylic acids is 1. The topological polar surface area (TPSA) is 78.4 Å². The van der Waals surface area contributed by atoms with Crippen LogP contribution in [-0.4, -0.2) is 35.3 Å². The van der Waals surface area contributed by atoms with Crippen molar-refractivity contribution >= 4 is 29.3 Å². The molecule has 0 bridgehead atoms. The molecule has 5 nitrogen and oxygen atoms in total. The highest BCUT2D eigenvalue weighted by molar-refractivity contribution is 7.98. The van der Waals surface area contributed by atoms with E-state index in [-0.39, 0.29) is 12.5 Å². The summed E-state index contributed by atoms with van der Waals surface area (Å²) in [6, 6.07) is 7.51. The molecule has 116 valence electrons. The highest BCUT2D eigenvalue weighted by atomic mass is 32.2. The molecule has 0 fully saturated rings. The van der Waals surface area contributed by atoms with Crippen LogP contribution >= 0.6 is 11.8 Å². The molecule has 0 spiro atoms. The molecular formula is C15H22N2O3S. The third-order valence-electron chi connectivity index (χ3n) is 3.58. The molecule has 0 aliphatic heterocycles. The standard InChI is InChI=1S/C15H22N2O3S/c1-4-15(5-2,14(19)20)16-10-13(18)17-11-8-6-7-9-12(11)21-3/h6-9,16H,4-5,10H2,1-3H3,(H,17,18)(H,19,20). The molecule has 0 heterocycles. The maximum Gasteiger partial charge on any atom is 0.323 e. The highest BCUT2D eigenvalue weighted by Gasteiger charge is 2.34. The zero-order chi connectivity index (χ0) is 15.9. The number of amides is 1. The zero-order valence-electron chi connectivity index (χ0n) is 12.6. The van der Waals surface area contributed by atoms with Crippen molar-refractivity contribution in [3.63, 3.8) is 0 Å². The first-order valence-corrected chi connectivity index (χ1v) is 8.12. The lowest BCUT2D eigenvalue weighted by Crippen LogP contribution is -2.53. The van der Waals surface area contributed by atoms with Crippen molar-refractivity contribution < 1.29 is 14.7 Å². The van der Waals surface area contributed by atoms with Crippen molar-refractivity contribution in [2.75, 3.05) is 18.1 Å². The lowest BCUT2D eigenvalue weighted by molar-refractivity contribution is -0.145. The number of carboxylic acid groups (broad SMARTS) is 1. The van der Waals surface area contributed by atoms with Crippen LogP contribution in [0.15, 0.2) is 29.2 Å². The molecule has 1 rings (SSSR count). The number of para-hydroxylation sites is 1. The van der Waals surface area contributed by atoms with Crippen LogP contribution in [0.1, 0.15) is 26.7 Å². The van der Waals surface area contributed by atoms with Gasteiger partial charge in [0.05, 0.1) is 12.2 Å². The third-order valence-corrected chi connectivity index (χ3v) is 4.38. The minimum Gasteiger partial charge on any atom is -0.480 e. The smallest absolute Gasteiger partial charge is 0.323 e. The van der Waals surface area contributed by atoms with Gasteiger partial charge in [-0.25, -0.2) is 0 Å². The number of hydrogen-bond acceptors (Lipinski definition) is 4. The first-order valence-electron chi connectivity index (χ1n) is 6.90. The summed E-state index contributed by atoms with van der Waals surface area (Å²) in [4.78, 5) is 24.3. The SMILES string of the molecule is CCC(CC)(NCC(=O)Nc1ccccc1SC)C(=O)O. The van der Waals surface area contributed by atoms with E-state index in [2.05, 4.69) is 10.6 Å². The highest BCUT2D eigenvalue weighted by Crippen LogP contribution is 2.24. The van der Waals surface area contributed by atoms with Crippen molar-refractivity contribution in [3.05, 3.63) is 24.3 Å². The molecule has 21 heavy (non-hydrogen) atoms. The van der Waals surface area contributed by atoms with Crippen LogP contribution in [0, 0.1) is 0 Å². The summed E-state index contributed by atoms with van der Waals surface area (Å²) in [7, 11) is 0. The van der Waals surface area contributed by atoms with E-state index in [9.17, 15) is 14.7 Å². The van der Waals surface area contributed by atoms with Crippen molar-refractivity contribution in [1.82, 2.24) is 5.32 Å². The van der Waals surface area contributed by atoms with E-state index in [0.29, 0.717) is 12.8 Å². The van der Waals surface area contributed by atoms with Gasteiger partial charge in [0, 0.05) is 4.90 Å². The van der Waals surface area contributed by atoms with Gasteiger partial charge in [-0.05, 0) is 31.2 Å². The Hall–Kier alpha value is -1.53. The van der Waals surface area contributed by atoms with Gasteiger partial charge in [0.15, 0.2) is 0 Å². The van der Waals surface area contributed by atoms with Gasteiger partial charge in [-0.15, -0.1) is 11.8 Å². The number of carbonyl (C=O) groups is 2. The van der Waals surface area contributed by atoms with Gasteiger partial charge in [0.25, 0.3) is 0 Å². The Morgan fingerprint density at radius 3 is 2.38 bits per heavy atom.